The Bertz CT molecular complexity index is 872. The van der Waals surface area contributed by atoms with Gasteiger partial charge in [-0.1, -0.05) is 12.1 Å². The van der Waals surface area contributed by atoms with Gasteiger partial charge in [0.05, 0.1) is 0 Å². The molecule has 0 saturated carbocycles. The number of fused-ring (bicyclic) bond motifs is 5. The molecule has 2 atom stereocenters. The van der Waals surface area contributed by atoms with Crippen molar-refractivity contribution in [1.82, 2.24) is 19.8 Å². The van der Waals surface area contributed by atoms with Crippen molar-refractivity contribution in [2.75, 3.05) is 19.6 Å². The highest BCUT2D eigenvalue weighted by molar-refractivity contribution is 5.79. The fourth-order valence-electron chi connectivity index (χ4n) is 4.78. The van der Waals surface area contributed by atoms with Crippen LogP contribution in [0.1, 0.15) is 24.0 Å². The second-order valence-electron chi connectivity index (χ2n) is 7.98. The average Bonchev–Trinajstić information content (AvgIpc) is 2.96. The zero-order valence-corrected chi connectivity index (χ0v) is 15.1. The summed E-state index contributed by atoms with van der Waals surface area (Å²) in [5, 5.41) is 1.32. The van der Waals surface area contributed by atoms with Crippen LogP contribution in [0.2, 0.25) is 0 Å². The van der Waals surface area contributed by atoms with Crippen molar-refractivity contribution in [1.29, 1.82) is 0 Å². The summed E-state index contributed by atoms with van der Waals surface area (Å²) < 4.78 is 0. The van der Waals surface area contributed by atoms with E-state index in [4.69, 9.17) is 0 Å². The average molecular weight is 346 g/mol. The molecule has 4 heteroatoms. The maximum atomic E-state index is 4.28. The van der Waals surface area contributed by atoms with E-state index in [1.807, 2.05) is 24.7 Å². The Morgan fingerprint density at radius 1 is 1.00 bits per heavy atom. The van der Waals surface area contributed by atoms with Crippen molar-refractivity contribution in [3.05, 3.63) is 66.1 Å². The Hall–Kier alpha value is -2.17. The minimum absolute atomic E-state index is 0.673. The summed E-state index contributed by atoms with van der Waals surface area (Å²) in [4.78, 5) is 12.9. The van der Waals surface area contributed by atoms with E-state index in [0.29, 0.717) is 6.04 Å². The quantitative estimate of drug-likeness (QED) is 0.783. The highest BCUT2D eigenvalue weighted by Gasteiger charge is 2.34. The summed E-state index contributed by atoms with van der Waals surface area (Å²) in [6, 6.07) is 13.9. The first-order chi connectivity index (χ1) is 12.8. The molecule has 0 spiro atoms. The number of H-pyrrole nitrogens is 1. The lowest BCUT2D eigenvalue weighted by Crippen LogP contribution is -2.43. The third-order valence-corrected chi connectivity index (χ3v) is 6.03. The number of rotatable bonds is 4. The van der Waals surface area contributed by atoms with Crippen molar-refractivity contribution in [3.63, 3.8) is 0 Å². The van der Waals surface area contributed by atoms with Gasteiger partial charge in [0.2, 0.25) is 0 Å². The summed E-state index contributed by atoms with van der Waals surface area (Å²) in [7, 11) is 0. The van der Waals surface area contributed by atoms with Crippen LogP contribution in [0, 0.1) is 5.92 Å². The number of benzene rings is 1. The third-order valence-electron chi connectivity index (χ3n) is 6.03. The standard InChI is InChI=1S/C22H26N4/c1-2-18(11-23-8-1)12-25-13-19-3-5-21(16-25)26(15-19)14-17-4-6-22-20(10-17)7-9-24-22/h1-2,4,6-11,19,21,24H,3,5,12-16H2/t19-,21+/m1/s1. The molecule has 0 aliphatic carbocycles. The topological polar surface area (TPSA) is 35.2 Å². The summed E-state index contributed by atoms with van der Waals surface area (Å²) >= 11 is 0. The minimum atomic E-state index is 0.673. The molecule has 3 fully saturated rings. The monoisotopic (exact) mass is 346 g/mol. The molecule has 0 radical (unpaired) electrons. The number of nitrogens with one attached hydrogen (secondary N) is 1. The van der Waals surface area contributed by atoms with Gasteiger partial charge in [-0.05, 0) is 59.5 Å². The number of aromatic amines is 1. The molecule has 4 nitrogen and oxygen atoms in total. The molecule has 26 heavy (non-hydrogen) atoms. The molecule has 2 aromatic heterocycles. The molecular formula is C22H26N4. The first kappa shape index (κ1) is 16.0. The zero-order chi connectivity index (χ0) is 17.3. The molecule has 0 unspecified atom stereocenters. The van der Waals surface area contributed by atoms with Gasteiger partial charge in [-0.2, -0.15) is 0 Å². The van der Waals surface area contributed by atoms with Crippen LogP contribution < -0.4 is 0 Å². The van der Waals surface area contributed by atoms with Crippen LogP contribution in [-0.4, -0.2) is 45.4 Å². The van der Waals surface area contributed by atoms with E-state index in [1.54, 1.807) is 0 Å². The molecule has 1 aromatic carbocycles. The van der Waals surface area contributed by atoms with Gasteiger partial charge in [0, 0.05) is 62.9 Å². The number of hydrogen-bond acceptors (Lipinski definition) is 3. The summed E-state index contributed by atoms with van der Waals surface area (Å²) in [6.07, 6.45) is 8.61. The van der Waals surface area contributed by atoms with Gasteiger partial charge in [-0.3, -0.25) is 14.8 Å². The van der Waals surface area contributed by atoms with Crippen molar-refractivity contribution in [2.24, 2.45) is 5.92 Å². The molecule has 6 rings (SSSR count). The van der Waals surface area contributed by atoms with Crippen LogP contribution in [0.3, 0.4) is 0 Å². The SMILES string of the molecule is c1cncc(CN2C[C@H]3CC[C@@H](C2)N(Cc2ccc4[nH]ccc4c2)C3)c1. The lowest BCUT2D eigenvalue weighted by Gasteiger charge is -2.36. The third kappa shape index (κ3) is 3.27. The van der Waals surface area contributed by atoms with Crippen LogP contribution in [0.25, 0.3) is 10.9 Å². The second-order valence-corrected chi connectivity index (χ2v) is 7.98. The van der Waals surface area contributed by atoms with Gasteiger partial charge in [0.25, 0.3) is 0 Å². The van der Waals surface area contributed by atoms with Crippen LogP contribution in [0.5, 0.6) is 0 Å². The highest BCUT2D eigenvalue weighted by atomic mass is 15.3. The van der Waals surface area contributed by atoms with Crippen molar-refractivity contribution < 1.29 is 0 Å². The van der Waals surface area contributed by atoms with E-state index in [0.717, 1.165) is 19.0 Å². The van der Waals surface area contributed by atoms with E-state index in [2.05, 4.69) is 50.1 Å². The molecule has 3 aromatic rings. The lowest BCUT2D eigenvalue weighted by atomic mass is 9.94. The van der Waals surface area contributed by atoms with Gasteiger partial charge < -0.3 is 4.98 Å². The minimum Gasteiger partial charge on any atom is -0.361 e. The highest BCUT2D eigenvalue weighted by Crippen LogP contribution is 2.30. The molecule has 0 amide bonds. The van der Waals surface area contributed by atoms with Crippen molar-refractivity contribution >= 4 is 10.9 Å². The Balaban J connectivity index is 1.30. The van der Waals surface area contributed by atoms with Crippen LogP contribution in [-0.2, 0) is 13.1 Å². The van der Waals surface area contributed by atoms with Crippen molar-refractivity contribution in [2.45, 2.75) is 32.0 Å². The van der Waals surface area contributed by atoms with Gasteiger partial charge >= 0.3 is 0 Å². The van der Waals surface area contributed by atoms with Crippen LogP contribution >= 0.6 is 0 Å². The molecule has 5 heterocycles. The smallest absolute Gasteiger partial charge is 0.0454 e. The van der Waals surface area contributed by atoms with Gasteiger partial charge in [0.1, 0.15) is 0 Å². The summed E-state index contributed by atoms with van der Waals surface area (Å²) in [5.74, 6) is 0.793. The predicted molar refractivity (Wildman–Crippen MR) is 105 cm³/mol. The number of nitrogens with zero attached hydrogens (tertiary/aromatic N) is 3. The number of pyridine rings is 1. The van der Waals surface area contributed by atoms with E-state index >= 15 is 0 Å². The first-order valence-corrected chi connectivity index (χ1v) is 9.75. The van der Waals surface area contributed by atoms with E-state index in [-0.39, 0.29) is 0 Å². The van der Waals surface area contributed by atoms with Crippen LogP contribution in [0.4, 0.5) is 0 Å². The van der Waals surface area contributed by atoms with E-state index < -0.39 is 0 Å². The largest absolute Gasteiger partial charge is 0.361 e. The lowest BCUT2D eigenvalue weighted by molar-refractivity contribution is 0.123. The molecule has 134 valence electrons. The molecule has 3 aliphatic heterocycles. The van der Waals surface area contributed by atoms with E-state index in [9.17, 15) is 0 Å². The van der Waals surface area contributed by atoms with Crippen molar-refractivity contribution in [3.8, 4) is 0 Å². The summed E-state index contributed by atoms with van der Waals surface area (Å²) in [5.41, 5.74) is 4.00. The first-order valence-electron chi connectivity index (χ1n) is 9.75. The summed E-state index contributed by atoms with van der Waals surface area (Å²) in [6.45, 7) is 5.74. The van der Waals surface area contributed by atoms with E-state index in [1.165, 1.54) is 54.5 Å². The maximum Gasteiger partial charge on any atom is 0.0454 e. The second kappa shape index (κ2) is 6.86. The fourth-order valence-corrected chi connectivity index (χ4v) is 4.78. The Morgan fingerprint density at radius 2 is 2.00 bits per heavy atom. The van der Waals surface area contributed by atoms with Gasteiger partial charge in [-0.15, -0.1) is 0 Å². The zero-order valence-electron chi connectivity index (χ0n) is 15.1. The Kier molecular flexibility index (Phi) is 4.23. The van der Waals surface area contributed by atoms with Gasteiger partial charge in [-0.25, -0.2) is 0 Å². The molecular weight excluding hydrogens is 320 g/mol. The Labute approximate surface area is 154 Å². The van der Waals surface area contributed by atoms with Gasteiger partial charge in [0.15, 0.2) is 0 Å². The molecule has 3 aliphatic rings. The molecule has 3 saturated heterocycles. The normalized spacial score (nSPS) is 24.2. The maximum absolute atomic E-state index is 4.28. The predicted octanol–water partition coefficient (Wildman–Crippen LogP) is 3.66. The molecule has 1 N–H and O–H groups in total. The number of hydrogen-bond donors (Lipinski definition) is 1. The molecule has 2 bridgehead atoms. The Morgan fingerprint density at radius 3 is 2.92 bits per heavy atom. The fraction of sp³-hybridized carbons (Fsp3) is 0.409. The number of piperidine rings is 1. The van der Waals surface area contributed by atoms with Crippen LogP contribution in [0.15, 0.2) is 55.0 Å². The number of aromatic nitrogens is 2.